The van der Waals surface area contributed by atoms with E-state index in [1.807, 2.05) is 59.1 Å². The van der Waals surface area contributed by atoms with Crippen LogP contribution in [0.4, 0.5) is 16.6 Å². The lowest BCUT2D eigenvalue weighted by molar-refractivity contribution is 0.171. The Balaban J connectivity index is 1.10. The van der Waals surface area contributed by atoms with Gasteiger partial charge in [0.15, 0.2) is 5.65 Å². The van der Waals surface area contributed by atoms with Gasteiger partial charge in [-0.05, 0) is 79.4 Å². The minimum atomic E-state index is -2.17. The number of amides is 2. The summed E-state index contributed by atoms with van der Waals surface area (Å²) in [6, 6.07) is 19.8. The van der Waals surface area contributed by atoms with E-state index in [0.29, 0.717) is 51.7 Å². The van der Waals surface area contributed by atoms with Crippen LogP contribution in [0.2, 0.25) is 11.1 Å². The fraction of sp³-hybridized carbons (Fsp3) is 0.532. The van der Waals surface area contributed by atoms with Gasteiger partial charge in [-0.15, -0.1) is 10.2 Å². The zero-order valence-electron chi connectivity index (χ0n) is 37.8. The van der Waals surface area contributed by atoms with Crippen molar-refractivity contribution in [2.45, 2.75) is 139 Å². The fourth-order valence-electron chi connectivity index (χ4n) is 9.37. The summed E-state index contributed by atoms with van der Waals surface area (Å²) in [5.41, 5.74) is 5.88. The lowest BCUT2D eigenvalue weighted by Gasteiger charge is -2.41. The fourth-order valence-corrected chi connectivity index (χ4v) is 18.7. The Labute approximate surface area is 381 Å². The van der Waals surface area contributed by atoms with Crippen molar-refractivity contribution in [3.05, 3.63) is 89.2 Å². The van der Waals surface area contributed by atoms with E-state index >= 15 is 0 Å². The number of carbonyl (C=O) groups is 1. The summed E-state index contributed by atoms with van der Waals surface area (Å²) in [5.74, 6) is 2.75. The first kappa shape index (κ1) is 45.8. The van der Waals surface area contributed by atoms with Crippen molar-refractivity contribution in [3.63, 3.8) is 0 Å². The molecule has 334 valence electrons. The number of anilines is 2. The Hall–Kier alpha value is -4.19. The molecule has 1 unspecified atom stereocenters. The number of hydrogen-bond acceptors (Lipinski definition) is 9. The van der Waals surface area contributed by atoms with Crippen molar-refractivity contribution in [3.8, 4) is 17.2 Å². The number of nitrogens with zero attached hydrogens (tertiary/aromatic N) is 6. The number of ether oxygens (including phenoxy) is 2. The first-order chi connectivity index (χ1) is 29.6. The van der Waals surface area contributed by atoms with Gasteiger partial charge in [0.2, 0.25) is 14.3 Å². The molecule has 2 amide bonds. The molecule has 1 aliphatic carbocycles. The maximum Gasteiger partial charge on any atom is 0.320 e. The van der Waals surface area contributed by atoms with Gasteiger partial charge in [0.05, 0.1) is 36.8 Å². The molecule has 2 aliphatic rings. The highest BCUT2D eigenvalue weighted by molar-refractivity contribution is 14.1. The molecule has 2 aromatic carbocycles. The third-order valence-electron chi connectivity index (χ3n) is 12.7. The van der Waals surface area contributed by atoms with Crippen LogP contribution in [0.15, 0.2) is 66.9 Å². The van der Waals surface area contributed by atoms with E-state index < -0.39 is 8.32 Å². The summed E-state index contributed by atoms with van der Waals surface area (Å²) >= 11 is 2.54. The highest BCUT2D eigenvalue weighted by Crippen LogP contribution is 2.42. The number of aromatic nitrogens is 5. The minimum absolute atomic E-state index is 0.121. The average molecular weight is 977 g/mol. The summed E-state index contributed by atoms with van der Waals surface area (Å²) in [6.45, 7) is 21.3. The van der Waals surface area contributed by atoms with Gasteiger partial charge in [-0.3, -0.25) is 9.72 Å². The molecular formula is C47H65IN8O5Si. The Morgan fingerprint density at radius 2 is 1.73 bits per heavy atom. The number of halogens is 1. The monoisotopic (exact) mass is 976 g/mol. The molecule has 0 radical (unpaired) electrons. The second kappa shape index (κ2) is 19.3. The van der Waals surface area contributed by atoms with Crippen LogP contribution in [0.5, 0.6) is 11.5 Å². The number of urea groups is 1. The summed E-state index contributed by atoms with van der Waals surface area (Å²) < 4.78 is 24.0. The van der Waals surface area contributed by atoms with E-state index in [9.17, 15) is 9.90 Å². The number of carbonyl (C=O) groups excluding carboxylic acids is 1. The quantitative estimate of drug-likeness (QED) is 0.0531. The summed E-state index contributed by atoms with van der Waals surface area (Å²) in [5, 5.41) is 30.2. The highest BCUT2D eigenvalue weighted by Gasteiger charge is 2.46. The van der Waals surface area contributed by atoms with Crippen molar-refractivity contribution < 1.29 is 23.8 Å². The molecule has 4 atom stereocenters. The van der Waals surface area contributed by atoms with E-state index in [4.69, 9.17) is 19.0 Å². The molecule has 1 fully saturated rings. The van der Waals surface area contributed by atoms with Crippen LogP contribution in [0, 0.1) is 0 Å². The maximum absolute atomic E-state index is 14.0. The molecule has 0 saturated carbocycles. The Bertz CT molecular complexity index is 2300. The van der Waals surface area contributed by atoms with E-state index in [-0.39, 0.29) is 36.8 Å². The minimum Gasteiger partial charge on any atom is -0.491 e. The van der Waals surface area contributed by atoms with E-state index in [1.165, 1.54) is 6.42 Å². The van der Waals surface area contributed by atoms with Gasteiger partial charge in [-0.25, -0.2) is 9.48 Å². The molecule has 1 saturated heterocycles. The van der Waals surface area contributed by atoms with Crippen LogP contribution >= 0.6 is 22.6 Å². The van der Waals surface area contributed by atoms with Gasteiger partial charge < -0.3 is 29.2 Å². The third-order valence-corrected chi connectivity index (χ3v) is 21.1. The Morgan fingerprint density at radius 3 is 2.42 bits per heavy atom. The molecule has 1 aliphatic heterocycles. The first-order valence-corrected chi connectivity index (χ1v) is 25.7. The van der Waals surface area contributed by atoms with Gasteiger partial charge in [-0.2, -0.15) is 5.10 Å². The smallest absolute Gasteiger partial charge is 0.320 e. The van der Waals surface area contributed by atoms with Crippen LogP contribution in [0.3, 0.4) is 0 Å². The number of hydrogen-bond donors (Lipinski definition) is 3. The van der Waals surface area contributed by atoms with Gasteiger partial charge >= 0.3 is 6.03 Å². The molecule has 3 N–H and O–H groups in total. The van der Waals surface area contributed by atoms with Crippen LogP contribution in [0.25, 0.3) is 11.3 Å². The molecule has 62 heavy (non-hydrogen) atoms. The number of pyridine rings is 1. The summed E-state index contributed by atoms with van der Waals surface area (Å²) in [4.78, 5) is 16.4. The van der Waals surface area contributed by atoms with Gasteiger partial charge in [0.1, 0.15) is 30.0 Å². The molecule has 3 aromatic heterocycles. The normalized spacial score (nSPS) is 18.9. The summed E-state index contributed by atoms with van der Waals surface area (Å²) in [6.07, 6.45) is 6.74. The molecule has 0 bridgehead atoms. The van der Waals surface area contributed by atoms with Crippen molar-refractivity contribution in [1.82, 2.24) is 29.7 Å². The zero-order chi connectivity index (χ0) is 44.3. The number of piperidine rings is 1. The lowest BCUT2D eigenvalue weighted by Crippen LogP contribution is -2.51. The van der Waals surface area contributed by atoms with Gasteiger partial charge in [0, 0.05) is 39.2 Å². The van der Waals surface area contributed by atoms with Gasteiger partial charge in [-0.1, -0.05) is 108 Å². The van der Waals surface area contributed by atoms with Gasteiger partial charge in [0.25, 0.3) is 0 Å². The molecular weight excluding hydrogens is 912 g/mol. The van der Waals surface area contributed by atoms with Crippen molar-refractivity contribution >= 4 is 54.4 Å². The predicted molar refractivity (Wildman–Crippen MR) is 257 cm³/mol. The topological polar surface area (TPSA) is 140 Å². The van der Waals surface area contributed by atoms with Crippen LogP contribution < -0.4 is 25.0 Å². The number of aliphatic hydroxyl groups excluding tert-OH is 1. The first-order valence-electron chi connectivity index (χ1n) is 22.3. The molecule has 4 heterocycles. The highest BCUT2D eigenvalue weighted by atomic mass is 127. The number of benzene rings is 2. The van der Waals surface area contributed by atoms with E-state index in [2.05, 4.69) is 123 Å². The second-order valence-electron chi connectivity index (χ2n) is 18.6. The number of fused-ring (bicyclic) bond motifs is 2. The standard InChI is InChI=1S/C47H65IN8O5Si/c1-30(2)62(31(3)4,33(6)48)60-29-34-17-18-35(26-41(34)59-25-24-57)56-44(27-42(53-56)47(7,8)9)50-45(58)49-39-20-21-40(38-16-11-10-15-37(38)39)61-36-19-22-43-51-52-46(55(43)28-36)54-23-13-12-14-32(54)5/h10-11,15-19,22,26-28,30-33,39-40,57H,12-14,20-21,23-25,29H2,1-9H3,(H2,49,50,58)/t32-,33?,39-,40+/m0/s1. The Kier molecular flexibility index (Phi) is 14.2. The Morgan fingerprint density at radius 1 is 0.968 bits per heavy atom. The van der Waals surface area contributed by atoms with Crippen molar-refractivity contribution in [1.29, 1.82) is 0 Å². The second-order valence-corrected chi connectivity index (χ2v) is 26.8. The zero-order valence-corrected chi connectivity index (χ0v) is 41.0. The third kappa shape index (κ3) is 9.65. The summed E-state index contributed by atoms with van der Waals surface area (Å²) in [7, 11) is -2.17. The lowest BCUT2D eigenvalue weighted by atomic mass is 9.85. The molecule has 5 aromatic rings. The van der Waals surface area contributed by atoms with Crippen LogP contribution in [-0.4, -0.2) is 73.2 Å². The number of rotatable bonds is 15. The predicted octanol–water partition coefficient (Wildman–Crippen LogP) is 10.4. The number of nitrogens with one attached hydrogen (secondary N) is 2. The molecule has 7 rings (SSSR count). The molecule has 13 nitrogen and oxygen atoms in total. The van der Waals surface area contributed by atoms with Crippen LogP contribution in [0.1, 0.15) is 129 Å². The van der Waals surface area contributed by atoms with E-state index in [0.717, 1.165) is 64.8 Å². The van der Waals surface area contributed by atoms with E-state index in [1.54, 1.807) is 4.68 Å². The van der Waals surface area contributed by atoms with Crippen molar-refractivity contribution in [2.24, 2.45) is 0 Å². The molecule has 0 spiro atoms. The maximum atomic E-state index is 14.0. The molecule has 15 heteroatoms. The SMILES string of the molecule is CC(C)[Si](OCc1ccc(-n2nc(C(C)(C)C)cc2NC(=O)N[C@H]2CC[C@@H](Oc3ccc4nnc(N5CCCC[C@@H]5C)n4c3)c3ccccc32)cc1OCCO)(C(C)C)C(C)I. The van der Waals surface area contributed by atoms with Crippen molar-refractivity contribution in [2.75, 3.05) is 30.0 Å². The largest absolute Gasteiger partial charge is 0.491 e. The average Bonchev–Trinajstić information content (AvgIpc) is 3.86. The number of alkyl halides is 1. The number of aliphatic hydroxyl groups is 1. The van der Waals surface area contributed by atoms with Crippen LogP contribution in [-0.2, 0) is 16.4 Å².